The average Bonchev–Trinajstić information content (AvgIpc) is 2.34. The van der Waals surface area contributed by atoms with Crippen LogP contribution in [0.15, 0.2) is 16.5 Å². The van der Waals surface area contributed by atoms with Gasteiger partial charge in [-0.3, -0.25) is 0 Å². The predicted molar refractivity (Wildman–Crippen MR) is 41.4 cm³/mol. The van der Waals surface area contributed by atoms with Crippen molar-refractivity contribution in [3.05, 3.63) is 17.9 Å². The summed E-state index contributed by atoms with van der Waals surface area (Å²) in [6, 6.07) is 3.13. The monoisotopic (exact) mass is 154 g/mol. The van der Waals surface area contributed by atoms with Crippen LogP contribution in [0.25, 0.3) is 0 Å². The van der Waals surface area contributed by atoms with E-state index in [2.05, 4.69) is 6.47 Å². The maximum atomic E-state index is 10.4. The topological polar surface area (TPSA) is 30.2 Å². The first-order valence-corrected chi connectivity index (χ1v) is 3.04. The number of furan rings is 1. The molecule has 0 aliphatic carbocycles. The van der Waals surface area contributed by atoms with Crippen molar-refractivity contribution in [3.63, 3.8) is 0 Å². The molecule has 4 heteroatoms. The molecule has 0 unspecified atom stereocenters. The van der Waals surface area contributed by atoms with Gasteiger partial charge in [-0.05, 0) is 0 Å². The Hall–Kier alpha value is -0.825. The molecule has 0 N–H and O–H groups in total. The summed E-state index contributed by atoms with van der Waals surface area (Å²) >= 11 is 5.11. The number of halogens is 1. The van der Waals surface area contributed by atoms with Gasteiger partial charge in [0.25, 0.3) is 0 Å². The van der Waals surface area contributed by atoms with Crippen molar-refractivity contribution in [1.82, 2.24) is 0 Å². The molecule has 0 aliphatic rings. The van der Waals surface area contributed by atoms with Crippen LogP contribution in [0.2, 0.25) is 0 Å². The van der Waals surface area contributed by atoms with E-state index in [0.29, 0.717) is 5.66 Å². The van der Waals surface area contributed by atoms with Gasteiger partial charge in [0, 0.05) is 0 Å². The second kappa shape index (κ2) is 2.84. The van der Waals surface area contributed by atoms with Crippen molar-refractivity contribution in [1.29, 1.82) is 0 Å². The molecule has 1 rings (SSSR count). The Kier molecular flexibility index (Phi) is 2.07. The van der Waals surface area contributed by atoms with Crippen LogP contribution in [0.1, 0.15) is 10.6 Å². The second-order valence-electron chi connectivity index (χ2n) is 1.68. The molecule has 0 aromatic carbocycles. The van der Waals surface area contributed by atoms with Gasteiger partial charge in [-0.2, -0.15) is 0 Å². The van der Waals surface area contributed by atoms with Crippen molar-refractivity contribution in [2.45, 2.75) is 0 Å². The van der Waals surface area contributed by atoms with Crippen LogP contribution in [-0.4, -0.2) is 18.6 Å². The fraction of sp³-hybridized carbons (Fsp3) is 0. The minimum atomic E-state index is -0.590. The summed E-state index contributed by atoms with van der Waals surface area (Å²) < 4.78 is 4.89. The van der Waals surface area contributed by atoms with Gasteiger partial charge in [-0.1, -0.05) is 0 Å². The molecule has 0 saturated carbocycles. The molecule has 1 heterocycles. The van der Waals surface area contributed by atoms with Gasteiger partial charge >= 0.3 is 63.0 Å². The molecule has 0 saturated heterocycles. The quantitative estimate of drug-likeness (QED) is 0.456. The predicted octanol–water partition coefficient (Wildman–Crippen LogP) is 0.420. The molecule has 0 aliphatic heterocycles. The normalized spacial score (nSPS) is 8.90. The first kappa shape index (κ1) is 7.28. The Labute approximate surface area is 63.7 Å². The minimum absolute atomic E-state index is 0.150. The standard InChI is InChI=1S/C6H4BClO2/c1-7-5-3-2-4(10-5)6(8)9/h2-3H,1H2. The van der Waals surface area contributed by atoms with Crippen LogP contribution < -0.4 is 5.66 Å². The van der Waals surface area contributed by atoms with Crippen LogP contribution in [0.4, 0.5) is 0 Å². The van der Waals surface area contributed by atoms with E-state index < -0.39 is 5.24 Å². The van der Waals surface area contributed by atoms with Crippen LogP contribution in [0.5, 0.6) is 0 Å². The van der Waals surface area contributed by atoms with E-state index >= 15 is 0 Å². The molecular weight excluding hydrogens is 150 g/mol. The summed E-state index contributed by atoms with van der Waals surface area (Å²) in [5.41, 5.74) is 0.545. The third kappa shape index (κ3) is 1.36. The van der Waals surface area contributed by atoms with Crippen LogP contribution in [0, 0.1) is 0 Å². The van der Waals surface area contributed by atoms with E-state index in [9.17, 15) is 4.79 Å². The molecular formula is C6H4BClO2. The van der Waals surface area contributed by atoms with Gasteiger partial charge in [0.2, 0.25) is 0 Å². The van der Waals surface area contributed by atoms with Gasteiger partial charge < -0.3 is 0 Å². The summed E-state index contributed by atoms with van der Waals surface area (Å²) in [6.45, 7) is 4.96. The van der Waals surface area contributed by atoms with Gasteiger partial charge in [0.1, 0.15) is 0 Å². The Morgan fingerprint density at radius 2 is 2.40 bits per heavy atom. The van der Waals surface area contributed by atoms with E-state index in [1.807, 2.05) is 0 Å². The molecule has 0 atom stereocenters. The first-order valence-electron chi connectivity index (χ1n) is 2.66. The Morgan fingerprint density at radius 1 is 1.70 bits per heavy atom. The molecule has 0 amide bonds. The molecule has 0 radical (unpaired) electrons. The number of carbonyl (C=O) groups is 1. The third-order valence-corrected chi connectivity index (χ3v) is 1.21. The Morgan fingerprint density at radius 3 is 2.70 bits per heavy atom. The van der Waals surface area contributed by atoms with E-state index in [-0.39, 0.29) is 5.76 Å². The SMILES string of the molecule is C=Bc1ccc(C(=O)Cl)o1. The van der Waals surface area contributed by atoms with Crippen LogP contribution >= 0.6 is 11.6 Å². The molecule has 10 heavy (non-hydrogen) atoms. The van der Waals surface area contributed by atoms with Crippen molar-refractivity contribution < 1.29 is 9.21 Å². The second-order valence-corrected chi connectivity index (χ2v) is 2.02. The summed E-state index contributed by atoms with van der Waals surface area (Å²) in [5, 5.41) is -0.590. The molecule has 0 bridgehead atoms. The van der Waals surface area contributed by atoms with Gasteiger partial charge in [-0.15, -0.1) is 0 Å². The molecule has 0 fully saturated rings. The van der Waals surface area contributed by atoms with Crippen molar-refractivity contribution in [2.24, 2.45) is 0 Å². The van der Waals surface area contributed by atoms with Crippen LogP contribution in [0.3, 0.4) is 0 Å². The van der Waals surface area contributed by atoms with E-state index in [1.54, 1.807) is 6.07 Å². The van der Waals surface area contributed by atoms with E-state index in [0.717, 1.165) is 0 Å². The molecule has 1 aromatic heterocycles. The summed E-state index contributed by atoms with van der Waals surface area (Å²) in [7, 11) is 0. The van der Waals surface area contributed by atoms with Gasteiger partial charge in [0.05, 0.1) is 0 Å². The average molecular weight is 154 g/mol. The van der Waals surface area contributed by atoms with Crippen molar-refractivity contribution >= 4 is 35.9 Å². The zero-order valence-electron chi connectivity index (χ0n) is 5.13. The Bertz CT molecular complexity index is 266. The first-order chi connectivity index (χ1) is 4.74. The molecule has 50 valence electrons. The zero-order valence-corrected chi connectivity index (χ0v) is 5.89. The van der Waals surface area contributed by atoms with Crippen LogP contribution in [-0.2, 0) is 0 Å². The number of carbonyl (C=O) groups excluding carboxylic acids is 1. The Balaban J connectivity index is 2.98. The van der Waals surface area contributed by atoms with Gasteiger partial charge in [-0.25, -0.2) is 0 Å². The molecule has 1 aromatic rings. The van der Waals surface area contributed by atoms with E-state index in [1.165, 1.54) is 13.0 Å². The fourth-order valence-electron chi connectivity index (χ4n) is 0.568. The number of rotatable bonds is 2. The maximum absolute atomic E-state index is 10.4. The molecule has 2 nitrogen and oxygen atoms in total. The third-order valence-electron chi connectivity index (χ3n) is 1.02. The summed E-state index contributed by atoms with van der Waals surface area (Å²) in [6.07, 6.45) is 0. The zero-order chi connectivity index (χ0) is 7.56. The molecule has 0 spiro atoms. The summed E-state index contributed by atoms with van der Waals surface area (Å²) in [5.74, 6) is 0.150. The fourth-order valence-corrected chi connectivity index (χ4v) is 0.670. The van der Waals surface area contributed by atoms with Crippen molar-refractivity contribution in [2.75, 3.05) is 0 Å². The van der Waals surface area contributed by atoms with Crippen molar-refractivity contribution in [3.8, 4) is 0 Å². The number of hydrogen-bond donors (Lipinski definition) is 0. The van der Waals surface area contributed by atoms with Gasteiger partial charge in [0.15, 0.2) is 0 Å². The summed E-state index contributed by atoms with van der Waals surface area (Å²) in [4.78, 5) is 10.4. The van der Waals surface area contributed by atoms with E-state index in [4.69, 9.17) is 16.0 Å². The number of hydrogen-bond acceptors (Lipinski definition) is 2.